The van der Waals surface area contributed by atoms with Crippen LogP contribution in [0.1, 0.15) is 42.5 Å². The minimum absolute atomic E-state index is 0.108. The molecule has 0 saturated heterocycles. The summed E-state index contributed by atoms with van der Waals surface area (Å²) < 4.78 is 5.39. The lowest BCUT2D eigenvalue weighted by Gasteiger charge is -2.30. The molecule has 9 nitrogen and oxygen atoms in total. The lowest BCUT2D eigenvalue weighted by Crippen LogP contribution is -2.41. The SMILES string of the molecule is CC(C)(C)OC(=O)N1CCc2[nH]nc(C(=O)N(CCO)CCO)c2C1. The molecule has 9 heteroatoms. The normalized spacial score (nSPS) is 14.2. The van der Waals surface area contributed by atoms with Crippen LogP contribution in [0.4, 0.5) is 4.79 Å². The van der Waals surface area contributed by atoms with Crippen LogP contribution in [-0.4, -0.2) is 80.7 Å². The maximum atomic E-state index is 12.6. The quantitative estimate of drug-likeness (QED) is 0.691. The summed E-state index contributed by atoms with van der Waals surface area (Å²) in [6.45, 7) is 5.92. The molecule has 1 aliphatic heterocycles. The summed E-state index contributed by atoms with van der Waals surface area (Å²) in [5, 5.41) is 25.1. The van der Waals surface area contributed by atoms with Crippen molar-refractivity contribution in [3.8, 4) is 0 Å². The van der Waals surface area contributed by atoms with E-state index in [4.69, 9.17) is 14.9 Å². The molecule has 2 heterocycles. The van der Waals surface area contributed by atoms with Crippen LogP contribution in [0.25, 0.3) is 0 Å². The highest BCUT2D eigenvalue weighted by atomic mass is 16.6. The third-order valence-corrected chi connectivity index (χ3v) is 3.81. The number of carbonyl (C=O) groups excluding carboxylic acids is 2. The first-order valence-corrected chi connectivity index (χ1v) is 8.32. The third kappa shape index (κ3) is 4.70. The van der Waals surface area contributed by atoms with Crippen molar-refractivity contribution in [3.05, 3.63) is 17.0 Å². The van der Waals surface area contributed by atoms with Gasteiger partial charge in [0.15, 0.2) is 5.69 Å². The van der Waals surface area contributed by atoms with Crippen LogP contribution in [0.15, 0.2) is 0 Å². The highest BCUT2D eigenvalue weighted by molar-refractivity contribution is 5.94. The van der Waals surface area contributed by atoms with Crippen LogP contribution in [0.3, 0.4) is 0 Å². The van der Waals surface area contributed by atoms with E-state index in [1.807, 2.05) is 0 Å². The third-order valence-electron chi connectivity index (χ3n) is 3.81. The maximum absolute atomic E-state index is 12.6. The molecule has 0 aromatic carbocycles. The zero-order valence-corrected chi connectivity index (χ0v) is 14.9. The van der Waals surface area contributed by atoms with Crippen molar-refractivity contribution in [2.75, 3.05) is 32.8 Å². The van der Waals surface area contributed by atoms with Gasteiger partial charge in [-0.2, -0.15) is 5.10 Å². The van der Waals surface area contributed by atoms with Crippen molar-refractivity contribution >= 4 is 12.0 Å². The monoisotopic (exact) mass is 354 g/mol. The number of hydrogen-bond acceptors (Lipinski definition) is 6. The Morgan fingerprint density at radius 1 is 1.28 bits per heavy atom. The number of H-pyrrole nitrogens is 1. The molecule has 3 N–H and O–H groups in total. The van der Waals surface area contributed by atoms with Gasteiger partial charge in [-0.05, 0) is 20.8 Å². The van der Waals surface area contributed by atoms with E-state index in [1.54, 1.807) is 25.7 Å². The fourth-order valence-corrected chi connectivity index (χ4v) is 2.66. The number of rotatable bonds is 5. The molecule has 1 aliphatic rings. The molecule has 0 unspecified atom stereocenters. The Hall–Kier alpha value is -2.13. The molecule has 140 valence electrons. The summed E-state index contributed by atoms with van der Waals surface area (Å²) in [7, 11) is 0. The van der Waals surface area contributed by atoms with E-state index in [2.05, 4.69) is 10.2 Å². The fourth-order valence-electron chi connectivity index (χ4n) is 2.66. The second kappa shape index (κ2) is 7.83. The Morgan fingerprint density at radius 3 is 2.48 bits per heavy atom. The van der Waals surface area contributed by atoms with E-state index < -0.39 is 11.7 Å². The number of hydrogen-bond donors (Lipinski definition) is 3. The second-order valence-corrected chi connectivity index (χ2v) is 6.92. The minimum Gasteiger partial charge on any atom is -0.444 e. The molecule has 25 heavy (non-hydrogen) atoms. The molecule has 0 fully saturated rings. The van der Waals surface area contributed by atoms with Crippen molar-refractivity contribution in [1.82, 2.24) is 20.0 Å². The standard InChI is InChI=1S/C16H26N4O5/c1-16(2,3)25-15(24)20-5-4-12-11(10-20)13(18-17-12)14(23)19(6-8-21)7-9-22/h21-22H,4-10H2,1-3H3,(H,17,18). The van der Waals surface area contributed by atoms with Crippen molar-refractivity contribution in [1.29, 1.82) is 0 Å². The highest BCUT2D eigenvalue weighted by Crippen LogP contribution is 2.23. The number of aliphatic hydroxyl groups is 2. The highest BCUT2D eigenvalue weighted by Gasteiger charge is 2.31. The van der Waals surface area contributed by atoms with Crippen molar-refractivity contribution < 1.29 is 24.5 Å². The number of aliphatic hydroxyl groups excluding tert-OH is 2. The number of nitrogens with zero attached hydrogens (tertiary/aromatic N) is 3. The van der Waals surface area contributed by atoms with E-state index in [1.165, 1.54) is 4.90 Å². The predicted octanol–water partition coefficient (Wildman–Crippen LogP) is 0.130. The van der Waals surface area contributed by atoms with Gasteiger partial charge in [-0.25, -0.2) is 4.79 Å². The zero-order valence-electron chi connectivity index (χ0n) is 14.9. The van der Waals surface area contributed by atoms with Gasteiger partial charge < -0.3 is 24.7 Å². The Balaban J connectivity index is 2.17. The lowest BCUT2D eigenvalue weighted by atomic mass is 10.0. The van der Waals surface area contributed by atoms with Gasteiger partial charge in [0.25, 0.3) is 5.91 Å². The first-order valence-electron chi connectivity index (χ1n) is 8.32. The Kier molecular flexibility index (Phi) is 6.02. The Bertz CT molecular complexity index is 617. The van der Waals surface area contributed by atoms with Crippen molar-refractivity contribution in [2.24, 2.45) is 0 Å². The summed E-state index contributed by atoms with van der Waals surface area (Å²) in [6.07, 6.45) is 0.120. The fraction of sp³-hybridized carbons (Fsp3) is 0.688. The van der Waals surface area contributed by atoms with E-state index in [9.17, 15) is 9.59 Å². The van der Waals surface area contributed by atoms with Crippen LogP contribution in [0.5, 0.6) is 0 Å². The van der Waals surface area contributed by atoms with Crippen LogP contribution in [-0.2, 0) is 17.7 Å². The largest absolute Gasteiger partial charge is 0.444 e. The first-order chi connectivity index (χ1) is 11.8. The van der Waals surface area contributed by atoms with Crippen molar-refractivity contribution in [2.45, 2.75) is 39.3 Å². The van der Waals surface area contributed by atoms with Gasteiger partial charge in [0.1, 0.15) is 5.60 Å². The molecule has 0 aliphatic carbocycles. The molecule has 2 amide bonds. The zero-order chi connectivity index (χ0) is 18.6. The number of aromatic nitrogens is 2. The van der Waals surface area contributed by atoms with Gasteiger partial charge in [-0.1, -0.05) is 0 Å². The number of fused-ring (bicyclic) bond motifs is 1. The smallest absolute Gasteiger partial charge is 0.410 e. The average molecular weight is 354 g/mol. The first kappa shape index (κ1) is 19.2. The van der Waals surface area contributed by atoms with Gasteiger partial charge >= 0.3 is 6.09 Å². The molecule has 0 spiro atoms. The van der Waals surface area contributed by atoms with Gasteiger partial charge in [0.2, 0.25) is 0 Å². The Morgan fingerprint density at radius 2 is 1.92 bits per heavy atom. The number of aromatic amines is 1. The van der Waals surface area contributed by atoms with Crippen LogP contribution in [0, 0.1) is 0 Å². The van der Waals surface area contributed by atoms with Gasteiger partial charge in [0, 0.05) is 37.3 Å². The van der Waals surface area contributed by atoms with Gasteiger partial charge in [-0.15, -0.1) is 0 Å². The lowest BCUT2D eigenvalue weighted by molar-refractivity contribution is 0.0222. The average Bonchev–Trinajstić information content (AvgIpc) is 2.95. The Labute approximate surface area is 146 Å². The number of nitrogens with one attached hydrogen (secondary N) is 1. The molecule has 0 saturated carbocycles. The van der Waals surface area contributed by atoms with Crippen LogP contribution >= 0.6 is 0 Å². The second-order valence-electron chi connectivity index (χ2n) is 6.92. The molecular formula is C16H26N4O5. The number of ether oxygens (including phenoxy) is 1. The molecule has 0 bridgehead atoms. The molecule has 0 radical (unpaired) electrons. The van der Waals surface area contributed by atoms with Crippen LogP contribution in [0.2, 0.25) is 0 Å². The number of carbonyl (C=O) groups is 2. The molecule has 2 rings (SSSR count). The summed E-state index contributed by atoms with van der Waals surface area (Å²) >= 11 is 0. The van der Waals surface area contributed by atoms with E-state index >= 15 is 0 Å². The van der Waals surface area contributed by atoms with Crippen molar-refractivity contribution in [3.63, 3.8) is 0 Å². The summed E-state index contributed by atoms with van der Waals surface area (Å²) in [5.41, 5.74) is 1.09. The topological polar surface area (TPSA) is 119 Å². The van der Waals surface area contributed by atoms with E-state index in [0.29, 0.717) is 18.5 Å². The van der Waals surface area contributed by atoms with Crippen LogP contribution < -0.4 is 0 Å². The van der Waals surface area contributed by atoms with E-state index in [0.717, 1.165) is 5.69 Å². The molecular weight excluding hydrogens is 328 g/mol. The summed E-state index contributed by atoms with van der Waals surface area (Å²) in [5.74, 6) is -0.383. The predicted molar refractivity (Wildman–Crippen MR) is 89.0 cm³/mol. The van der Waals surface area contributed by atoms with E-state index in [-0.39, 0.29) is 44.4 Å². The van der Waals surface area contributed by atoms with Gasteiger partial charge in [0.05, 0.1) is 19.8 Å². The molecule has 1 aromatic rings. The molecule has 1 aromatic heterocycles. The van der Waals surface area contributed by atoms with Gasteiger partial charge in [-0.3, -0.25) is 9.89 Å². The minimum atomic E-state index is -0.592. The summed E-state index contributed by atoms with van der Waals surface area (Å²) in [4.78, 5) is 27.8. The molecule has 0 atom stereocenters. The number of amides is 2. The summed E-state index contributed by atoms with van der Waals surface area (Å²) in [6, 6.07) is 0. The maximum Gasteiger partial charge on any atom is 0.410 e.